The fourth-order valence-electron chi connectivity index (χ4n) is 1.75. The first kappa shape index (κ1) is 8.61. The predicted molar refractivity (Wildman–Crippen MR) is 47.8 cm³/mol. The van der Waals surface area contributed by atoms with E-state index in [9.17, 15) is 0 Å². The minimum atomic E-state index is 0.362. The van der Waals surface area contributed by atoms with E-state index in [0.717, 1.165) is 5.92 Å². The summed E-state index contributed by atoms with van der Waals surface area (Å²) < 4.78 is 0. The predicted octanol–water partition coefficient (Wildman–Crippen LogP) is 1.41. The molecule has 0 saturated heterocycles. The third kappa shape index (κ3) is 2.28. The van der Waals surface area contributed by atoms with Gasteiger partial charge in [-0.05, 0) is 0 Å². The van der Waals surface area contributed by atoms with E-state index in [1.807, 2.05) is 0 Å². The molecule has 1 nitrogen and oxygen atoms in total. The Morgan fingerprint density at radius 3 is 2.70 bits per heavy atom. The van der Waals surface area contributed by atoms with E-state index in [0.29, 0.717) is 21.8 Å². The van der Waals surface area contributed by atoms with Gasteiger partial charge in [0, 0.05) is 0 Å². The molecule has 1 aliphatic rings. The van der Waals surface area contributed by atoms with Gasteiger partial charge in [-0.25, -0.2) is 0 Å². The fraction of sp³-hybridized carbons (Fsp3) is 1.00. The van der Waals surface area contributed by atoms with Crippen molar-refractivity contribution in [3.8, 4) is 0 Å². The van der Waals surface area contributed by atoms with Crippen LogP contribution in [0, 0.1) is 5.92 Å². The third-order valence-corrected chi connectivity index (χ3v) is 4.39. The van der Waals surface area contributed by atoms with Gasteiger partial charge in [-0.3, -0.25) is 0 Å². The molecule has 3 atom stereocenters. The maximum atomic E-state index is 5.99. The molecule has 0 aliphatic heterocycles. The quantitative estimate of drug-likeness (QED) is 0.674. The summed E-state index contributed by atoms with van der Waals surface area (Å²) in [6, 6.07) is 0.553. The first-order chi connectivity index (χ1) is 4.84. The molecular formula is C8H18AsN. The van der Waals surface area contributed by atoms with Crippen LogP contribution in [-0.2, 0) is 0 Å². The molecule has 1 unspecified atom stereocenters. The zero-order chi connectivity index (χ0) is 7.40. The molecule has 0 aromatic rings. The summed E-state index contributed by atoms with van der Waals surface area (Å²) in [5.41, 5.74) is 8.36. The van der Waals surface area contributed by atoms with E-state index in [1.54, 1.807) is 0 Å². The molecule has 0 amide bonds. The van der Waals surface area contributed by atoms with Gasteiger partial charge in [0.15, 0.2) is 0 Å². The second-order valence-electron chi connectivity index (χ2n) is 3.27. The van der Waals surface area contributed by atoms with Gasteiger partial charge in [0.2, 0.25) is 0 Å². The second kappa shape index (κ2) is 4.41. The number of rotatable bonds is 2. The normalized spacial score (nSPS) is 35.4. The van der Waals surface area contributed by atoms with Crippen LogP contribution in [0.4, 0.5) is 0 Å². The molecule has 60 valence electrons. The molecule has 0 spiro atoms. The Balaban J connectivity index is 2.25. The molecule has 1 saturated carbocycles. The molecule has 1 rings (SSSR count). The Bertz CT molecular complexity index is 93.3. The molecule has 0 aromatic heterocycles. The van der Waals surface area contributed by atoms with Gasteiger partial charge in [0.05, 0.1) is 0 Å². The van der Waals surface area contributed by atoms with Gasteiger partial charge in [0.1, 0.15) is 0 Å². The van der Waals surface area contributed by atoms with E-state index in [1.165, 1.54) is 30.9 Å². The maximum absolute atomic E-state index is 5.99. The van der Waals surface area contributed by atoms with Crippen molar-refractivity contribution in [1.82, 2.24) is 0 Å². The molecule has 1 aliphatic carbocycles. The summed E-state index contributed by atoms with van der Waals surface area (Å²) in [5.74, 6) is 0.902. The van der Waals surface area contributed by atoms with Crippen LogP contribution in [0.25, 0.3) is 0 Å². The van der Waals surface area contributed by atoms with Gasteiger partial charge < -0.3 is 0 Å². The van der Waals surface area contributed by atoms with Crippen molar-refractivity contribution in [3.63, 3.8) is 0 Å². The molecule has 2 heteroatoms. The van der Waals surface area contributed by atoms with Crippen LogP contribution in [0.1, 0.15) is 25.7 Å². The van der Waals surface area contributed by atoms with Crippen LogP contribution in [0.5, 0.6) is 0 Å². The number of nitrogens with two attached hydrogens (primary N) is 1. The Labute approximate surface area is 70.4 Å². The first-order valence-corrected chi connectivity index (χ1v) is 7.83. The summed E-state index contributed by atoms with van der Waals surface area (Å²) >= 11 is 0.362. The van der Waals surface area contributed by atoms with Crippen molar-refractivity contribution in [2.45, 2.75) is 42.6 Å². The van der Waals surface area contributed by atoms with Gasteiger partial charge in [-0.2, -0.15) is 0 Å². The summed E-state index contributed by atoms with van der Waals surface area (Å²) in [6.45, 7) is 0. The van der Waals surface area contributed by atoms with Crippen LogP contribution in [0.2, 0.25) is 10.9 Å². The van der Waals surface area contributed by atoms with E-state index >= 15 is 0 Å². The fourth-order valence-corrected chi connectivity index (χ4v) is 3.92. The summed E-state index contributed by atoms with van der Waals surface area (Å²) in [7, 11) is 0. The average molecular weight is 203 g/mol. The SMILES string of the molecule is C[AsH]C[C@H]1CCCC[C@@H]1N. The third-order valence-electron chi connectivity index (χ3n) is 2.43. The zero-order valence-electron chi connectivity index (χ0n) is 6.77. The number of hydrogen-bond acceptors (Lipinski definition) is 1. The van der Waals surface area contributed by atoms with Crippen LogP contribution in [0.15, 0.2) is 0 Å². The Morgan fingerprint density at radius 2 is 2.10 bits per heavy atom. The standard InChI is InChI=1S/C8H18AsN/c1-9-6-7-4-2-3-5-8(7)10/h7-9H,2-6,10H2,1H3/t7-,8+/m1/s1. The molecule has 1 fully saturated rings. The van der Waals surface area contributed by atoms with Gasteiger partial charge >= 0.3 is 70.0 Å². The van der Waals surface area contributed by atoms with Crippen LogP contribution < -0.4 is 5.73 Å². The van der Waals surface area contributed by atoms with Crippen molar-refractivity contribution >= 4 is 15.8 Å². The zero-order valence-corrected chi connectivity index (χ0v) is 8.87. The first-order valence-electron chi connectivity index (χ1n) is 4.24. The Morgan fingerprint density at radius 1 is 1.40 bits per heavy atom. The van der Waals surface area contributed by atoms with Crippen LogP contribution >= 0.6 is 0 Å². The van der Waals surface area contributed by atoms with E-state index in [4.69, 9.17) is 5.73 Å². The summed E-state index contributed by atoms with van der Waals surface area (Å²) in [4.78, 5) is 0. The van der Waals surface area contributed by atoms with Crippen molar-refractivity contribution in [1.29, 1.82) is 0 Å². The van der Waals surface area contributed by atoms with E-state index in [2.05, 4.69) is 5.71 Å². The molecule has 0 heterocycles. The summed E-state index contributed by atoms with van der Waals surface area (Å²) in [6.07, 6.45) is 5.52. The molecule has 2 N–H and O–H groups in total. The van der Waals surface area contributed by atoms with Gasteiger partial charge in [0.25, 0.3) is 0 Å². The number of hydrogen-bond donors (Lipinski definition) is 1. The van der Waals surface area contributed by atoms with Crippen molar-refractivity contribution in [2.24, 2.45) is 11.7 Å². The molecule has 0 radical (unpaired) electrons. The van der Waals surface area contributed by atoms with Crippen molar-refractivity contribution in [3.05, 3.63) is 0 Å². The van der Waals surface area contributed by atoms with Gasteiger partial charge in [-0.15, -0.1) is 0 Å². The van der Waals surface area contributed by atoms with Crippen LogP contribution in [-0.4, -0.2) is 21.8 Å². The molecular weight excluding hydrogens is 185 g/mol. The minimum absolute atomic E-state index is 0.362. The molecule has 10 heavy (non-hydrogen) atoms. The van der Waals surface area contributed by atoms with Crippen molar-refractivity contribution < 1.29 is 0 Å². The van der Waals surface area contributed by atoms with E-state index < -0.39 is 0 Å². The van der Waals surface area contributed by atoms with Crippen LogP contribution in [0.3, 0.4) is 0 Å². The van der Waals surface area contributed by atoms with Gasteiger partial charge in [-0.1, -0.05) is 0 Å². The van der Waals surface area contributed by atoms with Crippen molar-refractivity contribution in [2.75, 3.05) is 0 Å². The molecule has 0 aromatic carbocycles. The van der Waals surface area contributed by atoms with E-state index in [-0.39, 0.29) is 0 Å². The molecule has 0 bridgehead atoms. The average Bonchev–Trinajstić information content (AvgIpc) is 1.94. The summed E-state index contributed by atoms with van der Waals surface area (Å²) in [5, 5.41) is 1.47. The second-order valence-corrected chi connectivity index (χ2v) is 5.61. The monoisotopic (exact) mass is 203 g/mol. The topological polar surface area (TPSA) is 26.0 Å². The Kier molecular flexibility index (Phi) is 3.80. The Hall–Kier alpha value is 0.518.